The standard InChI is InChI=1S/C18H26N2O3/c1-6-7-10-18(4,22-5)17(21)20-16-9-8-15(23-13(2)3)11-14(16)12-19/h8-9,11,13H,6-7,10H2,1-5H3,(H,20,21)/t18-/m1/s1. The van der Waals surface area contributed by atoms with Crippen molar-refractivity contribution in [3.05, 3.63) is 23.8 Å². The lowest BCUT2D eigenvalue weighted by atomic mass is 9.97. The van der Waals surface area contributed by atoms with Crippen LogP contribution in [0.5, 0.6) is 5.75 Å². The summed E-state index contributed by atoms with van der Waals surface area (Å²) >= 11 is 0. The van der Waals surface area contributed by atoms with Crippen LogP contribution < -0.4 is 10.1 Å². The third-order valence-corrected chi connectivity index (χ3v) is 3.67. The highest BCUT2D eigenvalue weighted by Crippen LogP contribution is 2.25. The predicted molar refractivity (Wildman–Crippen MR) is 90.5 cm³/mol. The van der Waals surface area contributed by atoms with Crippen molar-refractivity contribution in [2.75, 3.05) is 12.4 Å². The molecule has 0 fully saturated rings. The molecule has 5 heteroatoms. The average molecular weight is 318 g/mol. The quantitative estimate of drug-likeness (QED) is 0.789. The number of unbranched alkanes of at least 4 members (excludes halogenated alkanes) is 1. The van der Waals surface area contributed by atoms with Crippen LogP contribution in [0.1, 0.15) is 52.5 Å². The summed E-state index contributed by atoms with van der Waals surface area (Å²) in [6, 6.07) is 7.15. The molecule has 5 nitrogen and oxygen atoms in total. The number of benzene rings is 1. The zero-order chi connectivity index (χ0) is 17.5. The second-order valence-corrected chi connectivity index (χ2v) is 5.98. The first kappa shape index (κ1) is 19.0. The molecule has 126 valence electrons. The number of carbonyl (C=O) groups excluding carboxylic acids is 1. The van der Waals surface area contributed by atoms with Gasteiger partial charge in [-0.1, -0.05) is 19.8 Å². The Labute approximate surface area is 138 Å². The first-order valence-corrected chi connectivity index (χ1v) is 7.93. The summed E-state index contributed by atoms with van der Waals surface area (Å²) in [7, 11) is 1.53. The van der Waals surface area contributed by atoms with E-state index in [9.17, 15) is 10.1 Å². The van der Waals surface area contributed by atoms with E-state index < -0.39 is 5.60 Å². The maximum absolute atomic E-state index is 12.5. The Kier molecular flexibility index (Phi) is 7.05. The van der Waals surface area contributed by atoms with E-state index in [4.69, 9.17) is 9.47 Å². The number of nitrogens with one attached hydrogen (secondary N) is 1. The summed E-state index contributed by atoms with van der Waals surface area (Å²) in [6.07, 6.45) is 2.52. The monoisotopic (exact) mass is 318 g/mol. The number of amides is 1. The number of hydrogen-bond acceptors (Lipinski definition) is 4. The molecular weight excluding hydrogens is 292 g/mol. The van der Waals surface area contributed by atoms with Gasteiger partial charge in [-0.2, -0.15) is 5.26 Å². The van der Waals surface area contributed by atoms with Gasteiger partial charge in [-0.05, 0) is 39.3 Å². The van der Waals surface area contributed by atoms with Crippen molar-refractivity contribution in [3.63, 3.8) is 0 Å². The summed E-state index contributed by atoms with van der Waals surface area (Å²) in [5.74, 6) is 0.359. The van der Waals surface area contributed by atoms with E-state index in [1.807, 2.05) is 13.8 Å². The van der Waals surface area contributed by atoms with E-state index in [2.05, 4.69) is 18.3 Å². The molecule has 0 radical (unpaired) electrons. The summed E-state index contributed by atoms with van der Waals surface area (Å²) in [4.78, 5) is 12.5. The Bertz CT molecular complexity index is 578. The highest BCUT2D eigenvalue weighted by molar-refractivity contribution is 5.98. The van der Waals surface area contributed by atoms with Gasteiger partial charge in [0.2, 0.25) is 0 Å². The molecule has 0 spiro atoms. The van der Waals surface area contributed by atoms with E-state index in [1.165, 1.54) is 7.11 Å². The molecule has 1 amide bonds. The minimum absolute atomic E-state index is 0.0211. The summed E-state index contributed by atoms with van der Waals surface area (Å²) < 4.78 is 11.0. The molecular formula is C18H26N2O3. The molecule has 0 aliphatic rings. The van der Waals surface area contributed by atoms with Gasteiger partial charge in [-0.25, -0.2) is 0 Å². The van der Waals surface area contributed by atoms with Gasteiger partial charge in [-0.15, -0.1) is 0 Å². The number of anilines is 1. The molecule has 0 saturated heterocycles. The minimum atomic E-state index is -0.907. The number of hydrogen-bond donors (Lipinski definition) is 1. The van der Waals surface area contributed by atoms with Crippen molar-refractivity contribution >= 4 is 11.6 Å². The lowest BCUT2D eigenvalue weighted by Crippen LogP contribution is -2.42. The maximum Gasteiger partial charge on any atom is 0.256 e. The summed E-state index contributed by atoms with van der Waals surface area (Å²) in [5.41, 5.74) is -0.0747. The van der Waals surface area contributed by atoms with E-state index in [0.29, 0.717) is 23.4 Å². The van der Waals surface area contributed by atoms with E-state index in [1.54, 1.807) is 25.1 Å². The van der Waals surface area contributed by atoms with E-state index in [-0.39, 0.29) is 12.0 Å². The first-order chi connectivity index (χ1) is 10.9. The molecule has 1 atom stereocenters. The van der Waals surface area contributed by atoms with Crippen molar-refractivity contribution < 1.29 is 14.3 Å². The Balaban J connectivity index is 2.95. The number of rotatable bonds is 8. The van der Waals surface area contributed by atoms with Gasteiger partial charge in [0, 0.05) is 13.2 Å². The van der Waals surface area contributed by atoms with Crippen LogP contribution in [0.3, 0.4) is 0 Å². The second kappa shape index (κ2) is 8.54. The maximum atomic E-state index is 12.5. The third-order valence-electron chi connectivity index (χ3n) is 3.67. The van der Waals surface area contributed by atoms with Crippen LogP contribution in [-0.4, -0.2) is 24.7 Å². The smallest absolute Gasteiger partial charge is 0.256 e. The SMILES string of the molecule is CCCC[C@@](C)(OC)C(=O)Nc1ccc(OC(C)C)cc1C#N. The van der Waals surface area contributed by atoms with Crippen LogP contribution in [0.4, 0.5) is 5.69 Å². The molecule has 1 aromatic carbocycles. The van der Waals surface area contributed by atoms with E-state index in [0.717, 1.165) is 12.8 Å². The average Bonchev–Trinajstić information content (AvgIpc) is 2.53. The summed E-state index contributed by atoms with van der Waals surface area (Å²) in [6.45, 7) is 7.66. The summed E-state index contributed by atoms with van der Waals surface area (Å²) in [5, 5.41) is 12.1. The zero-order valence-corrected chi connectivity index (χ0v) is 14.6. The fourth-order valence-corrected chi connectivity index (χ4v) is 2.15. The molecule has 0 bridgehead atoms. The molecule has 0 saturated carbocycles. The van der Waals surface area contributed by atoms with E-state index >= 15 is 0 Å². The molecule has 1 aromatic rings. The number of nitrogens with zero attached hydrogens (tertiary/aromatic N) is 1. The van der Waals surface area contributed by atoms with Crippen LogP contribution in [0.2, 0.25) is 0 Å². The van der Waals surface area contributed by atoms with Crippen LogP contribution in [0, 0.1) is 11.3 Å². The minimum Gasteiger partial charge on any atom is -0.491 e. The fourth-order valence-electron chi connectivity index (χ4n) is 2.15. The highest BCUT2D eigenvalue weighted by Gasteiger charge is 2.32. The molecule has 0 aliphatic carbocycles. The van der Waals surface area contributed by atoms with Crippen LogP contribution in [0.15, 0.2) is 18.2 Å². The largest absolute Gasteiger partial charge is 0.491 e. The molecule has 0 aliphatic heterocycles. The number of nitriles is 1. The molecule has 0 aromatic heterocycles. The molecule has 23 heavy (non-hydrogen) atoms. The Morgan fingerprint density at radius 2 is 2.13 bits per heavy atom. The third kappa shape index (κ3) is 5.26. The van der Waals surface area contributed by atoms with Gasteiger partial charge in [0.05, 0.1) is 17.4 Å². The lowest BCUT2D eigenvalue weighted by Gasteiger charge is -2.27. The first-order valence-electron chi connectivity index (χ1n) is 7.93. The second-order valence-electron chi connectivity index (χ2n) is 5.98. The molecule has 0 heterocycles. The molecule has 1 rings (SSSR count). The van der Waals surface area contributed by atoms with Crippen molar-refractivity contribution in [2.45, 2.75) is 58.7 Å². The van der Waals surface area contributed by atoms with Crippen molar-refractivity contribution in [3.8, 4) is 11.8 Å². The van der Waals surface area contributed by atoms with Gasteiger partial charge < -0.3 is 14.8 Å². The van der Waals surface area contributed by atoms with Crippen molar-refractivity contribution in [1.29, 1.82) is 5.26 Å². The van der Waals surface area contributed by atoms with Gasteiger partial charge in [-0.3, -0.25) is 4.79 Å². The van der Waals surface area contributed by atoms with Gasteiger partial charge >= 0.3 is 0 Å². The van der Waals surface area contributed by atoms with Crippen molar-refractivity contribution in [1.82, 2.24) is 0 Å². The Morgan fingerprint density at radius 3 is 2.65 bits per heavy atom. The van der Waals surface area contributed by atoms with Crippen LogP contribution in [-0.2, 0) is 9.53 Å². The zero-order valence-electron chi connectivity index (χ0n) is 14.6. The number of carbonyl (C=O) groups is 1. The normalized spacial score (nSPS) is 13.3. The van der Waals surface area contributed by atoms with Crippen LogP contribution >= 0.6 is 0 Å². The Hall–Kier alpha value is -2.06. The number of methoxy groups -OCH3 is 1. The van der Waals surface area contributed by atoms with Crippen LogP contribution in [0.25, 0.3) is 0 Å². The Morgan fingerprint density at radius 1 is 1.43 bits per heavy atom. The topological polar surface area (TPSA) is 71.3 Å². The number of ether oxygens (including phenoxy) is 2. The van der Waals surface area contributed by atoms with Gasteiger partial charge in [0.15, 0.2) is 0 Å². The van der Waals surface area contributed by atoms with Gasteiger partial charge in [0.25, 0.3) is 5.91 Å². The fraction of sp³-hybridized carbons (Fsp3) is 0.556. The predicted octanol–water partition coefficient (Wildman–Crippen LogP) is 3.88. The lowest BCUT2D eigenvalue weighted by molar-refractivity contribution is -0.136. The van der Waals surface area contributed by atoms with Gasteiger partial charge in [0.1, 0.15) is 17.4 Å². The highest BCUT2D eigenvalue weighted by atomic mass is 16.5. The molecule has 0 unspecified atom stereocenters. The molecule has 1 N–H and O–H groups in total. The van der Waals surface area contributed by atoms with Crippen molar-refractivity contribution in [2.24, 2.45) is 0 Å².